The fourth-order valence-electron chi connectivity index (χ4n) is 1.95. The van der Waals surface area contributed by atoms with Crippen LogP contribution in [0.2, 0.25) is 10.0 Å². The van der Waals surface area contributed by atoms with Gasteiger partial charge >= 0.3 is 0 Å². The molecule has 0 atom stereocenters. The summed E-state index contributed by atoms with van der Waals surface area (Å²) in [5, 5.41) is 4.16. The summed E-state index contributed by atoms with van der Waals surface area (Å²) in [6.45, 7) is 3.51. The summed E-state index contributed by atoms with van der Waals surface area (Å²) in [7, 11) is 0. The number of rotatable bonds is 5. The van der Waals surface area contributed by atoms with Gasteiger partial charge in [-0.05, 0) is 42.3 Å². The topological polar surface area (TPSA) is 12.0 Å². The van der Waals surface area contributed by atoms with E-state index in [-0.39, 0.29) is 5.82 Å². The van der Waals surface area contributed by atoms with E-state index < -0.39 is 0 Å². The van der Waals surface area contributed by atoms with Gasteiger partial charge in [0.2, 0.25) is 0 Å². The average molecular weight is 312 g/mol. The molecule has 1 N–H and O–H groups in total. The van der Waals surface area contributed by atoms with Crippen molar-refractivity contribution in [3.8, 4) is 11.1 Å². The first-order chi connectivity index (χ1) is 9.61. The molecule has 0 aromatic heterocycles. The zero-order chi connectivity index (χ0) is 14.5. The van der Waals surface area contributed by atoms with E-state index in [9.17, 15) is 4.39 Å². The van der Waals surface area contributed by atoms with Crippen LogP contribution in [0, 0.1) is 5.82 Å². The molecule has 106 valence electrons. The fraction of sp³-hybridized carbons (Fsp3) is 0.250. The Labute approximate surface area is 128 Å². The Balaban J connectivity index is 2.21. The maximum atomic E-state index is 14.0. The molecule has 0 saturated carbocycles. The molecule has 2 rings (SSSR count). The number of hydrogen-bond donors (Lipinski definition) is 1. The van der Waals surface area contributed by atoms with Crippen LogP contribution in [0.25, 0.3) is 11.1 Å². The van der Waals surface area contributed by atoms with E-state index in [0.717, 1.165) is 24.1 Å². The van der Waals surface area contributed by atoms with Gasteiger partial charge in [-0.15, -0.1) is 0 Å². The van der Waals surface area contributed by atoms with Crippen LogP contribution in [0.4, 0.5) is 4.39 Å². The summed E-state index contributed by atoms with van der Waals surface area (Å²) in [5.74, 6) is -0.211. The third kappa shape index (κ3) is 3.72. The molecule has 0 bridgehead atoms. The van der Waals surface area contributed by atoms with Crippen molar-refractivity contribution in [1.82, 2.24) is 5.32 Å². The van der Waals surface area contributed by atoms with Crippen molar-refractivity contribution in [1.29, 1.82) is 0 Å². The van der Waals surface area contributed by atoms with Crippen LogP contribution >= 0.6 is 23.2 Å². The Kier molecular flexibility index (Phi) is 5.41. The van der Waals surface area contributed by atoms with Crippen LogP contribution in [-0.2, 0) is 6.54 Å². The third-order valence-electron chi connectivity index (χ3n) is 3.05. The summed E-state index contributed by atoms with van der Waals surface area (Å²) in [6.07, 6.45) is 1.03. The average Bonchev–Trinajstić information content (AvgIpc) is 2.44. The van der Waals surface area contributed by atoms with Crippen LogP contribution in [0.1, 0.15) is 18.9 Å². The predicted molar refractivity (Wildman–Crippen MR) is 83.9 cm³/mol. The standard InChI is InChI=1S/C16H16Cl2FN/c1-2-7-20-10-13-4-3-12(9-16(13)19)11-5-6-14(17)15(18)8-11/h3-6,8-9,20H,2,7,10H2,1H3. The Morgan fingerprint density at radius 3 is 2.35 bits per heavy atom. The predicted octanol–water partition coefficient (Wildman–Crippen LogP) is 5.30. The van der Waals surface area contributed by atoms with E-state index in [1.165, 1.54) is 6.07 Å². The molecule has 0 radical (unpaired) electrons. The Hall–Kier alpha value is -1.09. The van der Waals surface area contributed by atoms with Gasteiger partial charge in [-0.2, -0.15) is 0 Å². The first-order valence-corrected chi connectivity index (χ1v) is 7.32. The molecular weight excluding hydrogens is 296 g/mol. The molecular formula is C16H16Cl2FN. The number of benzene rings is 2. The van der Waals surface area contributed by atoms with Gasteiger partial charge in [0, 0.05) is 12.1 Å². The molecule has 0 aliphatic heterocycles. The van der Waals surface area contributed by atoms with Gasteiger partial charge in [-0.3, -0.25) is 0 Å². The second-order valence-corrected chi connectivity index (χ2v) is 5.43. The maximum Gasteiger partial charge on any atom is 0.128 e. The van der Waals surface area contributed by atoms with Crippen molar-refractivity contribution in [2.24, 2.45) is 0 Å². The van der Waals surface area contributed by atoms with Gasteiger partial charge in [0.25, 0.3) is 0 Å². The lowest BCUT2D eigenvalue weighted by molar-refractivity contribution is 0.587. The van der Waals surface area contributed by atoms with E-state index in [1.54, 1.807) is 18.2 Å². The quantitative estimate of drug-likeness (QED) is 0.739. The van der Waals surface area contributed by atoms with Crippen LogP contribution < -0.4 is 5.32 Å². The van der Waals surface area contributed by atoms with Crippen LogP contribution in [0.3, 0.4) is 0 Å². The molecule has 0 spiro atoms. The molecule has 0 unspecified atom stereocenters. The van der Waals surface area contributed by atoms with Crippen molar-refractivity contribution < 1.29 is 4.39 Å². The molecule has 0 heterocycles. The molecule has 4 heteroatoms. The number of nitrogens with one attached hydrogen (secondary N) is 1. The molecule has 1 nitrogen and oxygen atoms in total. The minimum Gasteiger partial charge on any atom is -0.313 e. The molecule has 0 fully saturated rings. The zero-order valence-corrected chi connectivity index (χ0v) is 12.7. The van der Waals surface area contributed by atoms with Gasteiger partial charge in [0.15, 0.2) is 0 Å². The van der Waals surface area contributed by atoms with Gasteiger partial charge in [0.1, 0.15) is 5.82 Å². The highest BCUT2D eigenvalue weighted by molar-refractivity contribution is 6.42. The minimum atomic E-state index is -0.211. The van der Waals surface area contributed by atoms with Crippen molar-refractivity contribution in [2.45, 2.75) is 19.9 Å². The van der Waals surface area contributed by atoms with Gasteiger partial charge < -0.3 is 5.32 Å². The van der Waals surface area contributed by atoms with Gasteiger partial charge in [-0.1, -0.05) is 48.3 Å². The fourth-order valence-corrected chi connectivity index (χ4v) is 2.24. The Morgan fingerprint density at radius 2 is 1.70 bits per heavy atom. The minimum absolute atomic E-state index is 0.211. The van der Waals surface area contributed by atoms with Gasteiger partial charge in [0.05, 0.1) is 10.0 Å². The monoisotopic (exact) mass is 311 g/mol. The van der Waals surface area contributed by atoms with E-state index in [2.05, 4.69) is 12.2 Å². The number of halogens is 3. The van der Waals surface area contributed by atoms with Gasteiger partial charge in [-0.25, -0.2) is 4.39 Å². The van der Waals surface area contributed by atoms with Crippen molar-refractivity contribution >= 4 is 23.2 Å². The highest BCUT2D eigenvalue weighted by Crippen LogP contribution is 2.29. The zero-order valence-electron chi connectivity index (χ0n) is 11.2. The summed E-state index contributed by atoms with van der Waals surface area (Å²) >= 11 is 11.9. The number of hydrogen-bond acceptors (Lipinski definition) is 1. The Bertz CT molecular complexity index is 599. The maximum absolute atomic E-state index is 14.0. The summed E-state index contributed by atoms with van der Waals surface area (Å²) in [6, 6.07) is 10.5. The summed E-state index contributed by atoms with van der Waals surface area (Å²) < 4.78 is 14.0. The lowest BCUT2D eigenvalue weighted by atomic mass is 10.0. The van der Waals surface area contributed by atoms with Crippen molar-refractivity contribution in [2.75, 3.05) is 6.54 Å². The lowest BCUT2D eigenvalue weighted by Crippen LogP contribution is -2.14. The van der Waals surface area contributed by atoms with E-state index in [1.807, 2.05) is 12.1 Å². The molecule has 0 aliphatic rings. The van der Waals surface area contributed by atoms with Crippen LogP contribution in [0.15, 0.2) is 36.4 Å². The third-order valence-corrected chi connectivity index (χ3v) is 3.79. The van der Waals surface area contributed by atoms with Crippen LogP contribution in [-0.4, -0.2) is 6.54 Å². The molecule has 0 aliphatic carbocycles. The summed E-state index contributed by atoms with van der Waals surface area (Å²) in [4.78, 5) is 0. The second-order valence-electron chi connectivity index (χ2n) is 4.61. The first-order valence-electron chi connectivity index (χ1n) is 6.56. The van der Waals surface area contributed by atoms with E-state index in [0.29, 0.717) is 22.2 Å². The largest absolute Gasteiger partial charge is 0.313 e. The summed E-state index contributed by atoms with van der Waals surface area (Å²) in [5.41, 5.74) is 2.31. The Morgan fingerprint density at radius 1 is 1.00 bits per heavy atom. The van der Waals surface area contributed by atoms with Crippen molar-refractivity contribution in [3.63, 3.8) is 0 Å². The lowest BCUT2D eigenvalue weighted by Gasteiger charge is -2.08. The molecule has 0 saturated heterocycles. The molecule has 2 aromatic carbocycles. The van der Waals surface area contributed by atoms with E-state index in [4.69, 9.17) is 23.2 Å². The smallest absolute Gasteiger partial charge is 0.128 e. The highest BCUT2D eigenvalue weighted by atomic mass is 35.5. The first kappa shape index (κ1) is 15.3. The van der Waals surface area contributed by atoms with E-state index >= 15 is 0 Å². The SMILES string of the molecule is CCCNCc1ccc(-c2ccc(Cl)c(Cl)c2)cc1F. The molecule has 20 heavy (non-hydrogen) atoms. The van der Waals surface area contributed by atoms with Crippen LogP contribution in [0.5, 0.6) is 0 Å². The highest BCUT2D eigenvalue weighted by Gasteiger charge is 2.06. The second kappa shape index (κ2) is 7.07. The normalized spacial score (nSPS) is 10.8. The molecule has 0 amide bonds. The molecule has 2 aromatic rings. The van der Waals surface area contributed by atoms with Crippen molar-refractivity contribution in [3.05, 3.63) is 57.8 Å².